The number of anilines is 1. The lowest BCUT2D eigenvalue weighted by molar-refractivity contribution is 0.0546. The molecule has 180 valence electrons. The number of aromatic nitrogens is 2. The maximum atomic E-state index is 12.8. The van der Waals surface area contributed by atoms with Gasteiger partial charge in [0.25, 0.3) is 11.8 Å². The standard InChI is InChI=1S/C24H29N5O4S/c1-14-10-20(33-28-14)22(31)25-13-15-2-4-17(11-15)26-24-27-19-5-3-16(12-21(19)34-24)23(32)29-8-6-18(30)7-9-29/h3,5,10,12,15,17-18,30H,2,4,6-9,11,13H2,1H3,(H,25,31)(H,26,27). The van der Waals surface area contributed by atoms with E-state index in [-0.39, 0.29) is 23.7 Å². The number of aryl methyl sites for hydroxylation is 1. The zero-order valence-corrected chi connectivity index (χ0v) is 19.9. The summed E-state index contributed by atoms with van der Waals surface area (Å²) in [5.41, 5.74) is 2.23. The second-order valence-corrected chi connectivity index (χ2v) is 10.3. The molecule has 1 saturated carbocycles. The average Bonchev–Trinajstić information content (AvgIpc) is 3.57. The predicted octanol–water partition coefficient (Wildman–Crippen LogP) is 3.20. The number of aliphatic hydroxyl groups is 1. The number of carbonyl (C=O) groups is 2. The molecule has 0 radical (unpaired) electrons. The van der Waals surface area contributed by atoms with Gasteiger partial charge in [0.2, 0.25) is 5.76 Å². The van der Waals surface area contributed by atoms with Crippen molar-refractivity contribution in [2.75, 3.05) is 25.0 Å². The van der Waals surface area contributed by atoms with Gasteiger partial charge in [-0.1, -0.05) is 16.5 Å². The van der Waals surface area contributed by atoms with Crippen LogP contribution < -0.4 is 10.6 Å². The third-order valence-electron chi connectivity index (χ3n) is 6.66. The molecule has 1 aliphatic carbocycles. The molecule has 3 heterocycles. The first-order valence-corrected chi connectivity index (χ1v) is 12.6. The molecule has 1 aliphatic heterocycles. The maximum absolute atomic E-state index is 12.8. The van der Waals surface area contributed by atoms with Crippen LogP contribution in [0, 0.1) is 12.8 Å². The van der Waals surface area contributed by atoms with Crippen LogP contribution >= 0.6 is 11.3 Å². The number of aliphatic hydroxyl groups excluding tert-OH is 1. The second-order valence-electron chi connectivity index (χ2n) is 9.29. The Hall–Kier alpha value is -2.98. The van der Waals surface area contributed by atoms with Crippen molar-refractivity contribution in [1.82, 2.24) is 20.4 Å². The van der Waals surface area contributed by atoms with Gasteiger partial charge in [0.15, 0.2) is 5.13 Å². The molecule has 1 aromatic carbocycles. The molecule has 3 aromatic rings. The summed E-state index contributed by atoms with van der Waals surface area (Å²) < 4.78 is 6.00. The Balaban J connectivity index is 1.15. The molecule has 0 spiro atoms. The first kappa shape index (κ1) is 22.8. The van der Waals surface area contributed by atoms with E-state index in [1.165, 1.54) is 0 Å². The number of rotatable bonds is 6. The first-order valence-electron chi connectivity index (χ1n) is 11.8. The minimum atomic E-state index is -0.300. The zero-order valence-electron chi connectivity index (χ0n) is 19.1. The van der Waals surface area contributed by atoms with Gasteiger partial charge < -0.3 is 25.2 Å². The Morgan fingerprint density at radius 3 is 2.79 bits per heavy atom. The van der Waals surface area contributed by atoms with Crippen LogP contribution in [0.25, 0.3) is 10.2 Å². The van der Waals surface area contributed by atoms with Gasteiger partial charge in [0.1, 0.15) is 0 Å². The zero-order chi connectivity index (χ0) is 23.7. The lowest BCUT2D eigenvalue weighted by atomic mass is 10.1. The van der Waals surface area contributed by atoms with Crippen molar-refractivity contribution in [3.63, 3.8) is 0 Å². The number of hydrogen-bond donors (Lipinski definition) is 3. The molecule has 2 atom stereocenters. The van der Waals surface area contributed by atoms with Crippen LogP contribution in [0.5, 0.6) is 0 Å². The van der Waals surface area contributed by atoms with Crippen molar-refractivity contribution >= 4 is 38.5 Å². The van der Waals surface area contributed by atoms with Crippen molar-refractivity contribution in [3.05, 3.63) is 41.3 Å². The van der Waals surface area contributed by atoms with Gasteiger partial charge in [-0.05, 0) is 63.1 Å². The molecule has 10 heteroatoms. The van der Waals surface area contributed by atoms with Crippen LogP contribution in [-0.2, 0) is 0 Å². The fourth-order valence-electron chi connectivity index (χ4n) is 4.73. The molecule has 1 saturated heterocycles. The number of benzene rings is 1. The molecule has 2 fully saturated rings. The number of likely N-dealkylation sites (tertiary alicyclic amines) is 1. The van der Waals surface area contributed by atoms with Gasteiger partial charge in [-0.3, -0.25) is 9.59 Å². The van der Waals surface area contributed by atoms with E-state index >= 15 is 0 Å². The summed E-state index contributed by atoms with van der Waals surface area (Å²) >= 11 is 1.56. The van der Waals surface area contributed by atoms with E-state index in [9.17, 15) is 14.7 Å². The SMILES string of the molecule is Cc1cc(C(=O)NCC2CCC(Nc3nc4ccc(C(=O)N5CCC(O)CC5)cc4s3)C2)on1. The quantitative estimate of drug-likeness (QED) is 0.492. The summed E-state index contributed by atoms with van der Waals surface area (Å²) in [6.07, 6.45) is 3.97. The van der Waals surface area contributed by atoms with E-state index in [2.05, 4.69) is 15.8 Å². The van der Waals surface area contributed by atoms with E-state index in [0.29, 0.717) is 55.7 Å². The molecule has 9 nitrogen and oxygen atoms in total. The van der Waals surface area contributed by atoms with Gasteiger partial charge in [-0.15, -0.1) is 0 Å². The highest BCUT2D eigenvalue weighted by Crippen LogP contribution is 2.32. The Bertz CT molecular complexity index is 1180. The number of hydrogen-bond acceptors (Lipinski definition) is 8. The maximum Gasteiger partial charge on any atom is 0.289 e. The summed E-state index contributed by atoms with van der Waals surface area (Å²) in [4.78, 5) is 31.5. The van der Waals surface area contributed by atoms with Crippen molar-refractivity contribution in [3.8, 4) is 0 Å². The number of piperidine rings is 1. The van der Waals surface area contributed by atoms with Crippen molar-refractivity contribution in [1.29, 1.82) is 0 Å². The summed E-state index contributed by atoms with van der Waals surface area (Å²) in [6.45, 7) is 3.58. The van der Waals surface area contributed by atoms with Gasteiger partial charge in [0.05, 0.1) is 22.0 Å². The summed E-state index contributed by atoms with van der Waals surface area (Å²) in [5, 5.41) is 20.8. The number of carbonyl (C=O) groups excluding carboxylic acids is 2. The van der Waals surface area contributed by atoms with Crippen molar-refractivity contribution in [2.24, 2.45) is 5.92 Å². The monoisotopic (exact) mass is 483 g/mol. The number of thiazole rings is 1. The third-order valence-corrected chi connectivity index (χ3v) is 7.61. The third kappa shape index (κ3) is 5.07. The van der Waals surface area contributed by atoms with E-state index < -0.39 is 0 Å². The van der Waals surface area contributed by atoms with Gasteiger partial charge in [-0.2, -0.15) is 0 Å². The highest BCUT2D eigenvalue weighted by atomic mass is 32.1. The Kier molecular flexibility index (Phi) is 6.51. The van der Waals surface area contributed by atoms with Crippen molar-refractivity contribution < 1.29 is 19.2 Å². The molecular formula is C24H29N5O4S. The molecule has 0 bridgehead atoms. The lowest BCUT2D eigenvalue weighted by Crippen LogP contribution is -2.40. The number of amides is 2. The van der Waals surface area contributed by atoms with E-state index in [1.54, 1.807) is 24.3 Å². The molecular weight excluding hydrogens is 454 g/mol. The van der Waals surface area contributed by atoms with Crippen LogP contribution in [0.15, 0.2) is 28.8 Å². The van der Waals surface area contributed by atoms with Gasteiger partial charge in [-0.25, -0.2) is 4.98 Å². The van der Waals surface area contributed by atoms with E-state index in [4.69, 9.17) is 9.51 Å². The van der Waals surface area contributed by atoms with E-state index in [1.807, 2.05) is 23.1 Å². The smallest absolute Gasteiger partial charge is 0.289 e. The normalized spacial score (nSPS) is 21.2. The van der Waals surface area contributed by atoms with E-state index in [0.717, 1.165) is 34.6 Å². The lowest BCUT2D eigenvalue weighted by Gasteiger charge is -2.29. The highest BCUT2D eigenvalue weighted by Gasteiger charge is 2.27. The number of nitrogens with zero attached hydrogens (tertiary/aromatic N) is 3. The second kappa shape index (κ2) is 9.71. The number of fused-ring (bicyclic) bond motifs is 1. The minimum Gasteiger partial charge on any atom is -0.393 e. The van der Waals surface area contributed by atoms with Crippen LogP contribution in [-0.4, -0.2) is 63.7 Å². The summed E-state index contributed by atoms with van der Waals surface area (Å²) in [7, 11) is 0. The molecule has 2 unspecified atom stereocenters. The molecule has 34 heavy (non-hydrogen) atoms. The molecule has 2 amide bonds. The first-order chi connectivity index (χ1) is 16.4. The number of nitrogens with one attached hydrogen (secondary N) is 2. The molecule has 2 aliphatic rings. The van der Waals surface area contributed by atoms with Crippen molar-refractivity contribution in [2.45, 2.75) is 51.2 Å². The fraction of sp³-hybridized carbons (Fsp3) is 0.500. The van der Waals surface area contributed by atoms with Gasteiger partial charge in [0, 0.05) is 37.3 Å². The highest BCUT2D eigenvalue weighted by molar-refractivity contribution is 7.22. The molecule has 3 N–H and O–H groups in total. The Morgan fingerprint density at radius 2 is 2.03 bits per heavy atom. The average molecular weight is 484 g/mol. The largest absolute Gasteiger partial charge is 0.393 e. The van der Waals surface area contributed by atoms with Crippen LogP contribution in [0.3, 0.4) is 0 Å². The molecule has 2 aromatic heterocycles. The fourth-order valence-corrected chi connectivity index (χ4v) is 5.71. The van der Waals surface area contributed by atoms with Gasteiger partial charge >= 0.3 is 0 Å². The summed E-state index contributed by atoms with van der Waals surface area (Å²) in [5.74, 6) is 0.426. The molecule has 5 rings (SSSR count). The Labute approximate surface area is 201 Å². The summed E-state index contributed by atoms with van der Waals surface area (Å²) in [6, 6.07) is 7.60. The van der Waals surface area contributed by atoms with Crippen LogP contribution in [0.2, 0.25) is 0 Å². The minimum absolute atomic E-state index is 0.0119. The predicted molar refractivity (Wildman–Crippen MR) is 129 cm³/mol. The van der Waals surface area contributed by atoms with Crippen LogP contribution in [0.4, 0.5) is 5.13 Å². The van der Waals surface area contributed by atoms with Crippen LogP contribution in [0.1, 0.15) is 58.7 Å². The Morgan fingerprint density at radius 1 is 1.21 bits per heavy atom. The topological polar surface area (TPSA) is 121 Å².